The van der Waals surface area contributed by atoms with Crippen LogP contribution < -0.4 is 4.57 Å². The summed E-state index contributed by atoms with van der Waals surface area (Å²) >= 11 is 0. The number of nitrogens with zero attached hydrogens (tertiary/aromatic N) is 1. The van der Waals surface area contributed by atoms with Crippen LogP contribution in [0.3, 0.4) is 0 Å². The zero-order chi connectivity index (χ0) is 15.1. The molecular formula is C21H18N+. The van der Waals surface area contributed by atoms with E-state index >= 15 is 0 Å². The van der Waals surface area contributed by atoms with Crippen LogP contribution in [0.25, 0.3) is 32.9 Å². The fourth-order valence-corrected chi connectivity index (χ4v) is 3.32. The highest BCUT2D eigenvalue weighted by Gasteiger charge is 2.17. The summed E-state index contributed by atoms with van der Waals surface area (Å²) < 4.78 is 2.30. The van der Waals surface area contributed by atoms with E-state index in [1.165, 1.54) is 38.5 Å². The minimum Gasteiger partial charge on any atom is -0.194 e. The zero-order valence-electron chi connectivity index (χ0n) is 12.9. The number of rotatable bonds is 1. The second-order valence-electron chi connectivity index (χ2n) is 5.82. The highest BCUT2D eigenvalue weighted by atomic mass is 14.9. The maximum absolute atomic E-state index is 2.30. The van der Waals surface area contributed by atoms with Crippen LogP contribution in [0.5, 0.6) is 0 Å². The number of hydrogen-bond donors (Lipinski definition) is 0. The topological polar surface area (TPSA) is 3.88 Å². The summed E-state index contributed by atoms with van der Waals surface area (Å²) in [6.45, 7) is 2.19. The molecule has 22 heavy (non-hydrogen) atoms. The highest BCUT2D eigenvalue weighted by Crippen LogP contribution is 2.30. The number of para-hydroxylation sites is 1. The van der Waals surface area contributed by atoms with E-state index < -0.39 is 0 Å². The molecular weight excluding hydrogens is 266 g/mol. The summed E-state index contributed by atoms with van der Waals surface area (Å²) in [6, 6.07) is 26.0. The number of fused-ring (bicyclic) bond motifs is 2. The molecule has 0 amide bonds. The smallest absolute Gasteiger partial charge is 0.194 e. The van der Waals surface area contributed by atoms with Gasteiger partial charge < -0.3 is 0 Å². The Morgan fingerprint density at radius 3 is 2.23 bits per heavy atom. The van der Waals surface area contributed by atoms with Crippen LogP contribution in [0.2, 0.25) is 0 Å². The van der Waals surface area contributed by atoms with E-state index in [-0.39, 0.29) is 0 Å². The number of benzene rings is 3. The van der Waals surface area contributed by atoms with Gasteiger partial charge in [-0.3, -0.25) is 0 Å². The number of pyridine rings is 1. The van der Waals surface area contributed by atoms with Gasteiger partial charge in [-0.05, 0) is 35.4 Å². The molecule has 1 nitrogen and oxygen atoms in total. The van der Waals surface area contributed by atoms with E-state index in [4.69, 9.17) is 0 Å². The third kappa shape index (κ3) is 1.90. The summed E-state index contributed by atoms with van der Waals surface area (Å²) in [7, 11) is 2.15. The molecule has 0 aliphatic heterocycles. The van der Waals surface area contributed by atoms with Gasteiger partial charge in [0.1, 0.15) is 7.05 Å². The molecule has 0 saturated carbocycles. The number of aromatic nitrogens is 1. The number of aryl methyl sites for hydroxylation is 2. The largest absolute Gasteiger partial charge is 0.213 e. The molecule has 3 aromatic carbocycles. The Hall–Kier alpha value is -2.67. The first-order valence-corrected chi connectivity index (χ1v) is 7.62. The lowest BCUT2D eigenvalue weighted by Gasteiger charge is -2.10. The Bertz CT molecular complexity index is 999. The molecule has 1 heteroatoms. The molecule has 0 aliphatic carbocycles. The van der Waals surface area contributed by atoms with Crippen molar-refractivity contribution in [2.45, 2.75) is 6.92 Å². The van der Waals surface area contributed by atoms with Crippen molar-refractivity contribution in [1.82, 2.24) is 0 Å². The first-order valence-electron chi connectivity index (χ1n) is 7.62. The van der Waals surface area contributed by atoms with Gasteiger partial charge in [-0.25, -0.2) is 0 Å². The Morgan fingerprint density at radius 1 is 0.682 bits per heavy atom. The van der Waals surface area contributed by atoms with Crippen LogP contribution in [0.1, 0.15) is 5.56 Å². The quantitative estimate of drug-likeness (QED) is 0.442. The van der Waals surface area contributed by atoms with E-state index in [1.807, 2.05) is 0 Å². The molecule has 1 heterocycles. The molecule has 0 radical (unpaired) electrons. The fraction of sp³-hybridized carbons (Fsp3) is 0.0952. The first-order chi connectivity index (χ1) is 10.8. The fourth-order valence-electron chi connectivity index (χ4n) is 3.32. The molecule has 4 rings (SSSR count). The molecule has 0 bridgehead atoms. The van der Waals surface area contributed by atoms with E-state index in [1.54, 1.807) is 0 Å². The molecule has 0 aliphatic rings. The van der Waals surface area contributed by atoms with Crippen molar-refractivity contribution in [1.29, 1.82) is 0 Å². The average Bonchev–Trinajstić information content (AvgIpc) is 2.56. The lowest BCUT2D eigenvalue weighted by Crippen LogP contribution is -2.32. The lowest BCUT2D eigenvalue weighted by atomic mass is 9.96. The predicted octanol–water partition coefficient (Wildman–Crippen LogP) is 4.79. The van der Waals surface area contributed by atoms with Crippen molar-refractivity contribution < 1.29 is 4.57 Å². The second kappa shape index (κ2) is 4.96. The monoisotopic (exact) mass is 284 g/mol. The first kappa shape index (κ1) is 13.0. The minimum atomic E-state index is 1.26. The Labute approximate surface area is 130 Å². The normalized spacial score (nSPS) is 11.2. The van der Waals surface area contributed by atoms with Crippen LogP contribution in [-0.4, -0.2) is 0 Å². The third-order valence-corrected chi connectivity index (χ3v) is 4.47. The summed E-state index contributed by atoms with van der Waals surface area (Å²) in [5.74, 6) is 0. The van der Waals surface area contributed by atoms with Crippen LogP contribution in [0.4, 0.5) is 0 Å². The second-order valence-corrected chi connectivity index (χ2v) is 5.82. The molecule has 1 aromatic heterocycles. The van der Waals surface area contributed by atoms with Crippen molar-refractivity contribution in [3.8, 4) is 11.3 Å². The summed E-state index contributed by atoms with van der Waals surface area (Å²) in [5, 5.41) is 3.87. The standard InChI is InChI=1S/C21H18N/c1-15-11-12-16-7-3-5-9-18(16)21(15)20-14-13-17-8-4-6-10-19(17)22(20)2/h3-14H,1-2H3/q+1. The third-order valence-electron chi connectivity index (χ3n) is 4.47. The Balaban J connectivity index is 2.12. The van der Waals surface area contributed by atoms with Crippen molar-refractivity contribution in [3.63, 3.8) is 0 Å². The van der Waals surface area contributed by atoms with Gasteiger partial charge in [0.2, 0.25) is 11.2 Å². The van der Waals surface area contributed by atoms with Gasteiger partial charge in [-0.2, -0.15) is 4.57 Å². The van der Waals surface area contributed by atoms with Crippen LogP contribution in [0, 0.1) is 6.92 Å². The molecule has 0 atom stereocenters. The average molecular weight is 284 g/mol. The molecule has 4 aromatic rings. The molecule has 106 valence electrons. The van der Waals surface area contributed by atoms with Gasteiger partial charge in [0.15, 0.2) is 0 Å². The summed E-state index contributed by atoms with van der Waals surface area (Å²) in [4.78, 5) is 0. The van der Waals surface area contributed by atoms with Crippen molar-refractivity contribution in [3.05, 3.63) is 78.4 Å². The predicted molar refractivity (Wildman–Crippen MR) is 92.8 cm³/mol. The maximum Gasteiger partial charge on any atom is 0.213 e. The molecule has 0 fully saturated rings. The van der Waals surface area contributed by atoms with E-state index in [0.717, 1.165) is 0 Å². The molecule has 0 unspecified atom stereocenters. The maximum atomic E-state index is 2.30. The molecule has 0 N–H and O–H groups in total. The van der Waals surface area contributed by atoms with Gasteiger partial charge in [0, 0.05) is 17.5 Å². The van der Waals surface area contributed by atoms with Crippen molar-refractivity contribution in [2.24, 2.45) is 7.05 Å². The van der Waals surface area contributed by atoms with Gasteiger partial charge >= 0.3 is 0 Å². The SMILES string of the molecule is Cc1ccc2ccccc2c1-c1ccc2ccccc2[n+]1C. The van der Waals surface area contributed by atoms with E-state index in [9.17, 15) is 0 Å². The molecule has 0 spiro atoms. The van der Waals surface area contributed by atoms with Crippen LogP contribution >= 0.6 is 0 Å². The van der Waals surface area contributed by atoms with Crippen molar-refractivity contribution >= 4 is 21.7 Å². The van der Waals surface area contributed by atoms with Gasteiger partial charge in [0.05, 0.1) is 5.56 Å². The van der Waals surface area contributed by atoms with E-state index in [0.29, 0.717) is 0 Å². The highest BCUT2D eigenvalue weighted by molar-refractivity contribution is 5.97. The van der Waals surface area contributed by atoms with Gasteiger partial charge in [0.25, 0.3) is 0 Å². The minimum absolute atomic E-state index is 1.26. The van der Waals surface area contributed by atoms with E-state index in [2.05, 4.69) is 91.3 Å². The Kier molecular flexibility index (Phi) is 2.93. The zero-order valence-corrected chi connectivity index (χ0v) is 12.9. The van der Waals surface area contributed by atoms with Gasteiger partial charge in [-0.1, -0.05) is 48.5 Å². The lowest BCUT2D eigenvalue weighted by molar-refractivity contribution is -0.633. The number of hydrogen-bond acceptors (Lipinski definition) is 0. The van der Waals surface area contributed by atoms with Crippen LogP contribution in [-0.2, 0) is 7.05 Å². The van der Waals surface area contributed by atoms with Crippen LogP contribution in [0.15, 0.2) is 72.8 Å². The molecule has 0 saturated heterocycles. The Morgan fingerprint density at radius 2 is 1.36 bits per heavy atom. The van der Waals surface area contributed by atoms with Gasteiger partial charge in [-0.15, -0.1) is 0 Å². The van der Waals surface area contributed by atoms with Crippen molar-refractivity contribution in [2.75, 3.05) is 0 Å². The summed E-state index contributed by atoms with van der Waals surface area (Å²) in [5.41, 5.74) is 5.15. The summed E-state index contributed by atoms with van der Waals surface area (Å²) in [6.07, 6.45) is 0.